The Labute approximate surface area is 163 Å². The first-order valence-corrected chi connectivity index (χ1v) is 11.5. The van der Waals surface area contributed by atoms with Gasteiger partial charge in [-0.15, -0.1) is 0 Å². The average molecular weight is 394 g/mol. The van der Waals surface area contributed by atoms with Gasteiger partial charge in [0.05, 0.1) is 4.90 Å². The molecule has 1 N–H and O–H groups in total. The molecule has 2 atom stereocenters. The van der Waals surface area contributed by atoms with Gasteiger partial charge in [-0.2, -0.15) is 4.31 Å². The average Bonchev–Trinajstić information content (AvgIpc) is 2.96. The molecular formula is C20H31N3O3S. The summed E-state index contributed by atoms with van der Waals surface area (Å²) < 4.78 is 27.2. The first-order chi connectivity index (χ1) is 13.0. The van der Waals surface area contributed by atoms with E-state index in [0.29, 0.717) is 55.8 Å². The minimum Gasteiger partial charge on any atom is -0.341 e. The van der Waals surface area contributed by atoms with Crippen LogP contribution in [0.1, 0.15) is 32.6 Å². The Hall–Kier alpha value is -1.44. The van der Waals surface area contributed by atoms with Crippen molar-refractivity contribution in [1.82, 2.24) is 14.5 Å². The van der Waals surface area contributed by atoms with Crippen LogP contribution in [0.15, 0.2) is 35.2 Å². The van der Waals surface area contributed by atoms with Crippen molar-refractivity contribution in [1.29, 1.82) is 0 Å². The molecule has 0 spiro atoms. The number of amides is 1. The molecular weight excluding hydrogens is 362 g/mol. The standard InChI is InChI=1S/C20H31N3O3S/c1-17(18-7-5-10-21-16-18)15-20(24)22-11-6-12-23(14-13-22)27(25,26)19-8-3-2-4-9-19/h2-4,8-9,17-18,21H,5-7,10-16H2,1H3. The molecule has 0 aliphatic carbocycles. The molecule has 7 heteroatoms. The van der Waals surface area contributed by atoms with Crippen LogP contribution in [-0.2, 0) is 14.8 Å². The van der Waals surface area contributed by atoms with E-state index >= 15 is 0 Å². The van der Waals surface area contributed by atoms with E-state index in [1.807, 2.05) is 11.0 Å². The Balaban J connectivity index is 1.57. The van der Waals surface area contributed by atoms with Crippen molar-refractivity contribution >= 4 is 15.9 Å². The van der Waals surface area contributed by atoms with Gasteiger partial charge in [0, 0.05) is 32.6 Å². The molecule has 0 bridgehead atoms. The van der Waals surface area contributed by atoms with Crippen LogP contribution >= 0.6 is 0 Å². The lowest BCUT2D eigenvalue weighted by Gasteiger charge is -2.30. The Kier molecular flexibility index (Phi) is 6.89. The van der Waals surface area contributed by atoms with Crippen molar-refractivity contribution in [2.45, 2.75) is 37.5 Å². The molecule has 3 rings (SSSR count). The molecule has 2 aliphatic rings. The molecule has 2 unspecified atom stereocenters. The fourth-order valence-corrected chi connectivity index (χ4v) is 5.55. The van der Waals surface area contributed by atoms with Gasteiger partial charge in [-0.1, -0.05) is 25.1 Å². The lowest BCUT2D eigenvalue weighted by atomic mass is 9.85. The van der Waals surface area contributed by atoms with Crippen LogP contribution in [0, 0.1) is 11.8 Å². The fraction of sp³-hybridized carbons (Fsp3) is 0.650. The second-order valence-electron chi connectivity index (χ2n) is 7.74. The first-order valence-electron chi connectivity index (χ1n) is 10.0. The Morgan fingerprint density at radius 2 is 1.93 bits per heavy atom. The molecule has 2 saturated heterocycles. The van der Waals surface area contributed by atoms with Gasteiger partial charge in [-0.25, -0.2) is 8.42 Å². The maximum atomic E-state index is 12.8. The largest absolute Gasteiger partial charge is 0.341 e. The van der Waals surface area contributed by atoms with Gasteiger partial charge in [0.15, 0.2) is 0 Å². The molecule has 0 aromatic heterocycles. The summed E-state index contributed by atoms with van der Waals surface area (Å²) >= 11 is 0. The molecule has 150 valence electrons. The van der Waals surface area contributed by atoms with Gasteiger partial charge in [0.25, 0.3) is 0 Å². The maximum absolute atomic E-state index is 12.8. The highest BCUT2D eigenvalue weighted by Gasteiger charge is 2.29. The SMILES string of the molecule is CC(CC(=O)N1CCCN(S(=O)(=O)c2ccccc2)CC1)C1CCCNC1. The van der Waals surface area contributed by atoms with Gasteiger partial charge in [0.1, 0.15) is 0 Å². The Bertz CT molecular complexity index is 717. The predicted molar refractivity (Wildman–Crippen MR) is 106 cm³/mol. The fourth-order valence-electron chi connectivity index (χ4n) is 4.06. The normalized spacial score (nSPS) is 23.6. The lowest BCUT2D eigenvalue weighted by Crippen LogP contribution is -2.39. The molecule has 1 aromatic rings. The number of hydrogen-bond donors (Lipinski definition) is 1. The van der Waals surface area contributed by atoms with E-state index in [2.05, 4.69) is 12.2 Å². The van der Waals surface area contributed by atoms with Crippen molar-refractivity contribution in [3.05, 3.63) is 30.3 Å². The minimum atomic E-state index is -3.49. The number of piperidine rings is 1. The summed E-state index contributed by atoms with van der Waals surface area (Å²) in [6, 6.07) is 8.54. The number of nitrogens with zero attached hydrogens (tertiary/aromatic N) is 2. The van der Waals surface area contributed by atoms with Crippen LogP contribution in [0.3, 0.4) is 0 Å². The lowest BCUT2D eigenvalue weighted by molar-refractivity contribution is -0.132. The number of rotatable bonds is 5. The van der Waals surface area contributed by atoms with Gasteiger partial charge < -0.3 is 10.2 Å². The third-order valence-electron chi connectivity index (χ3n) is 5.82. The summed E-state index contributed by atoms with van der Waals surface area (Å²) in [4.78, 5) is 14.9. The van der Waals surface area contributed by atoms with E-state index in [1.165, 1.54) is 17.1 Å². The van der Waals surface area contributed by atoms with Crippen LogP contribution < -0.4 is 5.32 Å². The second-order valence-corrected chi connectivity index (χ2v) is 9.68. The topological polar surface area (TPSA) is 69.7 Å². The molecule has 0 radical (unpaired) electrons. The first kappa shape index (κ1) is 20.3. The third kappa shape index (κ3) is 5.09. The number of carbonyl (C=O) groups is 1. The summed E-state index contributed by atoms with van der Waals surface area (Å²) in [5, 5.41) is 3.42. The van der Waals surface area contributed by atoms with Gasteiger partial charge in [-0.3, -0.25) is 4.79 Å². The molecule has 2 fully saturated rings. The smallest absolute Gasteiger partial charge is 0.243 e. The number of benzene rings is 1. The molecule has 6 nitrogen and oxygen atoms in total. The monoisotopic (exact) mass is 393 g/mol. The Morgan fingerprint density at radius 1 is 1.15 bits per heavy atom. The van der Waals surface area contributed by atoms with Crippen LogP contribution in [0.25, 0.3) is 0 Å². The predicted octanol–water partition coefficient (Wildman–Crippen LogP) is 1.94. The highest BCUT2D eigenvalue weighted by molar-refractivity contribution is 7.89. The van der Waals surface area contributed by atoms with E-state index in [-0.39, 0.29) is 5.91 Å². The van der Waals surface area contributed by atoms with E-state index in [1.54, 1.807) is 24.3 Å². The van der Waals surface area contributed by atoms with E-state index in [4.69, 9.17) is 0 Å². The van der Waals surface area contributed by atoms with Crippen LogP contribution in [0.5, 0.6) is 0 Å². The molecule has 1 aromatic carbocycles. The molecule has 0 saturated carbocycles. The van der Waals surface area contributed by atoms with Crippen LogP contribution in [0.4, 0.5) is 0 Å². The number of sulfonamides is 1. The van der Waals surface area contributed by atoms with Crippen molar-refractivity contribution in [3.63, 3.8) is 0 Å². The van der Waals surface area contributed by atoms with E-state index in [0.717, 1.165) is 13.1 Å². The van der Waals surface area contributed by atoms with Gasteiger partial charge in [0.2, 0.25) is 15.9 Å². The second kappa shape index (κ2) is 9.17. The van der Waals surface area contributed by atoms with Crippen molar-refractivity contribution in [2.24, 2.45) is 11.8 Å². The van der Waals surface area contributed by atoms with E-state index < -0.39 is 10.0 Å². The zero-order chi connectivity index (χ0) is 19.3. The number of nitrogens with one attached hydrogen (secondary N) is 1. The molecule has 2 aliphatic heterocycles. The third-order valence-corrected chi connectivity index (χ3v) is 7.74. The zero-order valence-electron chi connectivity index (χ0n) is 16.1. The molecule has 2 heterocycles. The summed E-state index contributed by atoms with van der Waals surface area (Å²) in [7, 11) is -3.49. The summed E-state index contributed by atoms with van der Waals surface area (Å²) in [5.74, 6) is 1.08. The van der Waals surface area contributed by atoms with Crippen molar-refractivity contribution in [3.8, 4) is 0 Å². The van der Waals surface area contributed by atoms with Crippen molar-refractivity contribution < 1.29 is 13.2 Å². The summed E-state index contributed by atoms with van der Waals surface area (Å²) in [5.41, 5.74) is 0. The highest BCUT2D eigenvalue weighted by atomic mass is 32.2. The summed E-state index contributed by atoms with van der Waals surface area (Å²) in [6.45, 7) is 6.17. The van der Waals surface area contributed by atoms with Crippen LogP contribution in [-0.4, -0.2) is 62.8 Å². The molecule has 27 heavy (non-hydrogen) atoms. The van der Waals surface area contributed by atoms with Gasteiger partial charge in [-0.05, 0) is 56.3 Å². The maximum Gasteiger partial charge on any atom is 0.243 e. The number of hydrogen-bond acceptors (Lipinski definition) is 4. The zero-order valence-corrected chi connectivity index (χ0v) is 17.0. The van der Waals surface area contributed by atoms with Gasteiger partial charge >= 0.3 is 0 Å². The summed E-state index contributed by atoms with van der Waals surface area (Å²) in [6.07, 6.45) is 3.60. The highest BCUT2D eigenvalue weighted by Crippen LogP contribution is 2.24. The number of carbonyl (C=O) groups excluding carboxylic acids is 1. The quantitative estimate of drug-likeness (QED) is 0.830. The Morgan fingerprint density at radius 3 is 2.63 bits per heavy atom. The van der Waals surface area contributed by atoms with E-state index in [9.17, 15) is 13.2 Å². The minimum absolute atomic E-state index is 0.159. The van der Waals surface area contributed by atoms with Crippen molar-refractivity contribution in [2.75, 3.05) is 39.3 Å². The van der Waals surface area contributed by atoms with Crippen LogP contribution in [0.2, 0.25) is 0 Å². The molecule has 1 amide bonds.